The van der Waals surface area contributed by atoms with Crippen molar-refractivity contribution in [2.75, 3.05) is 13.7 Å². The summed E-state index contributed by atoms with van der Waals surface area (Å²) in [5.41, 5.74) is 1.13. The number of fused-ring (bicyclic) bond motifs is 1. The Kier molecular flexibility index (Phi) is 4.30. The summed E-state index contributed by atoms with van der Waals surface area (Å²) in [6.45, 7) is -0.0333. The summed E-state index contributed by atoms with van der Waals surface area (Å²) >= 11 is 0. The molecule has 0 spiro atoms. The Morgan fingerprint density at radius 2 is 2.00 bits per heavy atom. The molecule has 1 aliphatic rings. The number of nitrogens with one attached hydrogen (secondary N) is 1. The van der Waals surface area contributed by atoms with Crippen LogP contribution in [-0.2, 0) is 14.3 Å². The lowest BCUT2D eigenvalue weighted by molar-refractivity contribution is -0.143. The molecule has 120 valence electrons. The molecule has 0 aromatic heterocycles. The average molecular weight is 313 g/mol. The fourth-order valence-corrected chi connectivity index (χ4v) is 2.91. The molecule has 3 atom stereocenters. The Bertz CT molecular complexity index is 743. The molecule has 1 amide bonds. The molecule has 5 nitrogen and oxygen atoms in total. The van der Waals surface area contributed by atoms with Crippen LogP contribution in [0.5, 0.6) is 0 Å². The van der Waals surface area contributed by atoms with E-state index in [1.54, 1.807) is 0 Å². The second-order valence-corrected chi connectivity index (χ2v) is 5.91. The van der Waals surface area contributed by atoms with Crippen LogP contribution in [0.3, 0.4) is 0 Å². The summed E-state index contributed by atoms with van der Waals surface area (Å²) < 4.78 is 4.83. The van der Waals surface area contributed by atoms with E-state index in [-0.39, 0.29) is 24.3 Å². The summed E-state index contributed by atoms with van der Waals surface area (Å²) in [5, 5.41) is 13.9. The second-order valence-electron chi connectivity index (χ2n) is 5.91. The number of aliphatic carboxylic acids is 1. The molecule has 0 heterocycles. The number of carbonyl (C=O) groups is 2. The Balaban J connectivity index is 1.67. The predicted octanol–water partition coefficient (Wildman–Crippen LogP) is 2.16. The third-order valence-corrected chi connectivity index (χ3v) is 4.28. The normalized spacial score (nSPS) is 20.9. The predicted molar refractivity (Wildman–Crippen MR) is 86.2 cm³/mol. The molecule has 3 unspecified atom stereocenters. The standard InChI is InChI=1S/C18H19NO4/c1-23-10-16(18(21)22)19-17(20)15-9-14(15)13-7-6-11-4-2-3-5-12(11)8-13/h2-8,14-16H,9-10H2,1H3,(H,19,20)(H,21,22). The molecule has 3 rings (SSSR count). The highest BCUT2D eigenvalue weighted by Crippen LogP contribution is 2.48. The van der Waals surface area contributed by atoms with Gasteiger partial charge in [0, 0.05) is 13.0 Å². The third-order valence-electron chi connectivity index (χ3n) is 4.28. The van der Waals surface area contributed by atoms with Crippen LogP contribution >= 0.6 is 0 Å². The van der Waals surface area contributed by atoms with Crippen LogP contribution in [0.2, 0.25) is 0 Å². The number of hydrogen-bond donors (Lipinski definition) is 2. The summed E-state index contributed by atoms with van der Waals surface area (Å²) in [5.74, 6) is -1.29. The summed E-state index contributed by atoms with van der Waals surface area (Å²) in [7, 11) is 1.41. The Morgan fingerprint density at radius 3 is 2.70 bits per heavy atom. The van der Waals surface area contributed by atoms with E-state index in [0.29, 0.717) is 0 Å². The minimum Gasteiger partial charge on any atom is -0.480 e. The first-order chi connectivity index (χ1) is 11.1. The molecule has 1 saturated carbocycles. The molecule has 0 aliphatic heterocycles. The summed E-state index contributed by atoms with van der Waals surface area (Å²) in [4.78, 5) is 23.3. The molecule has 0 bridgehead atoms. The van der Waals surface area contributed by atoms with E-state index in [2.05, 4.69) is 29.6 Å². The summed E-state index contributed by atoms with van der Waals surface area (Å²) in [6.07, 6.45) is 0.753. The molecule has 5 heteroatoms. The van der Waals surface area contributed by atoms with Gasteiger partial charge >= 0.3 is 5.97 Å². The number of benzene rings is 2. The van der Waals surface area contributed by atoms with Crippen molar-refractivity contribution in [3.8, 4) is 0 Å². The second kappa shape index (κ2) is 6.38. The van der Waals surface area contributed by atoms with Gasteiger partial charge in [-0.25, -0.2) is 4.79 Å². The van der Waals surface area contributed by atoms with Crippen LogP contribution in [0.25, 0.3) is 10.8 Å². The van der Waals surface area contributed by atoms with Crippen molar-refractivity contribution in [3.05, 3.63) is 48.0 Å². The van der Waals surface area contributed by atoms with Crippen molar-refractivity contribution >= 4 is 22.6 Å². The van der Waals surface area contributed by atoms with E-state index in [1.165, 1.54) is 12.5 Å². The molecule has 2 aromatic rings. The molecule has 0 radical (unpaired) electrons. The van der Waals surface area contributed by atoms with E-state index < -0.39 is 12.0 Å². The highest BCUT2D eigenvalue weighted by atomic mass is 16.5. The van der Waals surface area contributed by atoms with Gasteiger partial charge in [0.25, 0.3) is 0 Å². The van der Waals surface area contributed by atoms with Crippen molar-refractivity contribution in [2.45, 2.75) is 18.4 Å². The number of carboxylic acid groups (broad SMARTS) is 1. The van der Waals surface area contributed by atoms with E-state index in [4.69, 9.17) is 9.84 Å². The molecule has 1 aliphatic carbocycles. The molecule has 23 heavy (non-hydrogen) atoms. The fourth-order valence-electron chi connectivity index (χ4n) is 2.91. The van der Waals surface area contributed by atoms with Gasteiger partial charge in [0.05, 0.1) is 6.61 Å². The highest BCUT2D eigenvalue weighted by molar-refractivity contribution is 5.88. The number of hydrogen-bond acceptors (Lipinski definition) is 3. The van der Waals surface area contributed by atoms with Gasteiger partial charge in [0.1, 0.15) is 0 Å². The number of rotatable bonds is 6. The Morgan fingerprint density at radius 1 is 1.26 bits per heavy atom. The van der Waals surface area contributed by atoms with Crippen LogP contribution in [0, 0.1) is 5.92 Å². The fraction of sp³-hybridized carbons (Fsp3) is 0.333. The van der Waals surface area contributed by atoms with Crippen molar-refractivity contribution in [1.82, 2.24) is 5.32 Å². The molecule has 2 N–H and O–H groups in total. The highest BCUT2D eigenvalue weighted by Gasteiger charge is 2.44. The monoisotopic (exact) mass is 313 g/mol. The van der Waals surface area contributed by atoms with Crippen LogP contribution in [-0.4, -0.2) is 36.7 Å². The number of ether oxygens (including phenoxy) is 1. The largest absolute Gasteiger partial charge is 0.480 e. The van der Waals surface area contributed by atoms with E-state index >= 15 is 0 Å². The van der Waals surface area contributed by atoms with E-state index in [0.717, 1.165) is 17.4 Å². The van der Waals surface area contributed by atoms with Gasteiger partial charge in [0.2, 0.25) is 5.91 Å². The maximum absolute atomic E-state index is 12.2. The Labute approximate surface area is 134 Å². The van der Waals surface area contributed by atoms with E-state index in [1.807, 2.05) is 18.2 Å². The van der Waals surface area contributed by atoms with Gasteiger partial charge < -0.3 is 15.2 Å². The van der Waals surface area contributed by atoms with Crippen molar-refractivity contribution in [2.24, 2.45) is 5.92 Å². The SMILES string of the molecule is COCC(NC(=O)C1CC1c1ccc2ccccc2c1)C(=O)O. The van der Waals surface area contributed by atoms with Gasteiger partial charge in [-0.05, 0) is 28.7 Å². The van der Waals surface area contributed by atoms with Gasteiger partial charge in [-0.15, -0.1) is 0 Å². The lowest BCUT2D eigenvalue weighted by atomic mass is 10.0. The molecule has 1 fully saturated rings. The number of methoxy groups -OCH3 is 1. The average Bonchev–Trinajstić information content (AvgIpc) is 3.34. The van der Waals surface area contributed by atoms with Gasteiger partial charge in [0.15, 0.2) is 6.04 Å². The van der Waals surface area contributed by atoms with Crippen LogP contribution in [0.15, 0.2) is 42.5 Å². The first-order valence-corrected chi connectivity index (χ1v) is 7.61. The zero-order valence-corrected chi connectivity index (χ0v) is 12.9. The van der Waals surface area contributed by atoms with E-state index in [9.17, 15) is 9.59 Å². The number of amides is 1. The first-order valence-electron chi connectivity index (χ1n) is 7.61. The maximum atomic E-state index is 12.2. The quantitative estimate of drug-likeness (QED) is 0.857. The number of carboxylic acids is 1. The van der Waals surface area contributed by atoms with Gasteiger partial charge in [-0.1, -0.05) is 42.5 Å². The van der Waals surface area contributed by atoms with Crippen LogP contribution < -0.4 is 5.32 Å². The zero-order valence-electron chi connectivity index (χ0n) is 12.9. The topological polar surface area (TPSA) is 75.6 Å². The van der Waals surface area contributed by atoms with Crippen LogP contribution in [0.1, 0.15) is 17.9 Å². The third kappa shape index (κ3) is 3.35. The molecule has 0 saturated heterocycles. The minimum absolute atomic E-state index is 0.0333. The smallest absolute Gasteiger partial charge is 0.328 e. The first kappa shape index (κ1) is 15.5. The summed E-state index contributed by atoms with van der Waals surface area (Å²) in [6, 6.07) is 13.3. The zero-order chi connectivity index (χ0) is 16.4. The lowest BCUT2D eigenvalue weighted by Gasteiger charge is -2.13. The van der Waals surface area contributed by atoms with Crippen molar-refractivity contribution in [1.29, 1.82) is 0 Å². The van der Waals surface area contributed by atoms with Crippen molar-refractivity contribution < 1.29 is 19.4 Å². The van der Waals surface area contributed by atoms with Gasteiger partial charge in [-0.2, -0.15) is 0 Å². The lowest BCUT2D eigenvalue weighted by Crippen LogP contribution is -2.44. The van der Waals surface area contributed by atoms with Gasteiger partial charge in [-0.3, -0.25) is 4.79 Å². The molecular weight excluding hydrogens is 294 g/mol. The minimum atomic E-state index is -1.08. The molecular formula is C18H19NO4. The maximum Gasteiger partial charge on any atom is 0.328 e. The van der Waals surface area contributed by atoms with Crippen LogP contribution in [0.4, 0.5) is 0 Å². The Hall–Kier alpha value is -2.40. The number of carbonyl (C=O) groups excluding carboxylic acids is 1. The van der Waals surface area contributed by atoms with Crippen molar-refractivity contribution in [3.63, 3.8) is 0 Å². The molecule has 2 aromatic carbocycles.